The molecule has 0 aliphatic carbocycles. The van der Waals surface area contributed by atoms with E-state index in [9.17, 15) is 19.8 Å². The van der Waals surface area contributed by atoms with E-state index in [0.29, 0.717) is 13.0 Å². The van der Waals surface area contributed by atoms with Gasteiger partial charge in [0.1, 0.15) is 0 Å². The van der Waals surface area contributed by atoms with Gasteiger partial charge in [0, 0.05) is 24.5 Å². The van der Waals surface area contributed by atoms with Crippen molar-refractivity contribution in [2.24, 2.45) is 5.92 Å². The van der Waals surface area contributed by atoms with Crippen molar-refractivity contribution >= 4 is 17.6 Å². The number of rotatable bonds is 4. The Morgan fingerprint density at radius 3 is 2.40 bits per heavy atom. The number of carbonyl (C=O) groups is 2. The second-order valence-corrected chi connectivity index (χ2v) is 5.87. The summed E-state index contributed by atoms with van der Waals surface area (Å²) in [5, 5.41) is 20.3. The molecule has 1 unspecified atom stereocenters. The second-order valence-electron chi connectivity index (χ2n) is 5.87. The van der Waals surface area contributed by atoms with Crippen LogP contribution in [0.3, 0.4) is 0 Å². The molecule has 0 aromatic heterocycles. The maximum absolute atomic E-state index is 12.8. The average molecular weight is 363 g/mol. The number of fused-ring (bicyclic) bond motifs is 3. The number of amides is 1. The summed E-state index contributed by atoms with van der Waals surface area (Å²) < 4.78 is 0. The molecule has 1 aliphatic heterocycles. The van der Waals surface area contributed by atoms with Gasteiger partial charge in [-0.3, -0.25) is 4.79 Å². The monoisotopic (exact) mass is 363 g/mol. The fraction of sp³-hybridized carbons (Fsp3) is 0.263. The van der Waals surface area contributed by atoms with E-state index in [1.165, 1.54) is 0 Å². The first-order valence-corrected chi connectivity index (χ1v) is 7.91. The van der Waals surface area contributed by atoms with Gasteiger partial charge in [0.15, 0.2) is 0 Å². The summed E-state index contributed by atoms with van der Waals surface area (Å²) in [4.78, 5) is 25.2. The number of hydrogen-bond acceptors (Lipinski definition) is 4. The van der Waals surface area contributed by atoms with Crippen LogP contribution in [-0.2, 0) is 16.0 Å². The van der Waals surface area contributed by atoms with Crippen LogP contribution < -0.4 is 61.4 Å². The number of aliphatic hydroxyl groups is 1. The van der Waals surface area contributed by atoms with Crippen LogP contribution in [-0.4, -0.2) is 30.1 Å². The number of aliphatic carboxylic acids is 1. The molecule has 2 aromatic rings. The van der Waals surface area contributed by atoms with Crippen molar-refractivity contribution in [3.63, 3.8) is 0 Å². The Labute approximate surface area is 189 Å². The molecule has 5 nitrogen and oxygen atoms in total. The van der Waals surface area contributed by atoms with E-state index in [1.807, 2.05) is 48.5 Å². The molecule has 1 aliphatic rings. The number of aliphatic hydroxyl groups excluding tert-OH is 1. The van der Waals surface area contributed by atoms with Crippen molar-refractivity contribution in [1.82, 2.24) is 0 Å². The van der Waals surface area contributed by atoms with Crippen LogP contribution in [0.15, 0.2) is 48.5 Å². The summed E-state index contributed by atoms with van der Waals surface area (Å²) in [5.74, 6) is -2.72. The molecular weight excluding hydrogens is 345 g/mol. The van der Waals surface area contributed by atoms with Crippen LogP contribution in [0.1, 0.15) is 12.0 Å². The van der Waals surface area contributed by atoms with E-state index in [0.717, 1.165) is 22.4 Å². The predicted molar refractivity (Wildman–Crippen MR) is 88.1 cm³/mol. The molecule has 3 rings (SSSR count). The third-order valence-electron chi connectivity index (χ3n) is 4.36. The van der Waals surface area contributed by atoms with E-state index < -0.39 is 24.9 Å². The van der Waals surface area contributed by atoms with Crippen LogP contribution in [0.25, 0.3) is 11.1 Å². The number of nitrogens with zero attached hydrogens (tertiary/aromatic N) is 1. The Balaban J connectivity index is 0.00000225. The van der Waals surface area contributed by atoms with Crippen LogP contribution in [0.5, 0.6) is 0 Å². The summed E-state index contributed by atoms with van der Waals surface area (Å²) in [6.45, 7) is -0.0746. The van der Waals surface area contributed by atoms with Gasteiger partial charge in [0.25, 0.3) is 0 Å². The Kier molecular flexibility index (Phi) is 7.36. The first-order valence-electron chi connectivity index (χ1n) is 7.91. The third-order valence-corrected chi connectivity index (χ3v) is 4.36. The van der Waals surface area contributed by atoms with Crippen molar-refractivity contribution in [3.8, 4) is 11.1 Å². The SMILES string of the molecule is O=C([O-])CC(CO)C(=O)N1CCc2ccccc2-c2ccccc21.[K+]. The van der Waals surface area contributed by atoms with Gasteiger partial charge in [-0.1, -0.05) is 42.5 Å². The topological polar surface area (TPSA) is 80.7 Å². The van der Waals surface area contributed by atoms with Gasteiger partial charge in [-0.2, -0.15) is 0 Å². The van der Waals surface area contributed by atoms with E-state index in [-0.39, 0.29) is 57.3 Å². The molecule has 0 saturated carbocycles. The standard InChI is InChI=1S/C19H19NO4.K/c21-12-14(11-18(22)23)19(24)20-10-9-13-5-1-2-6-15(13)16-7-3-4-8-17(16)20;/h1-8,14,21H,9-12H2,(H,22,23);/q;+1/p-1. The molecule has 1 heterocycles. The van der Waals surface area contributed by atoms with Crippen LogP contribution in [0, 0.1) is 5.92 Å². The molecule has 0 radical (unpaired) electrons. The zero-order chi connectivity index (χ0) is 17.1. The molecule has 0 bridgehead atoms. The maximum Gasteiger partial charge on any atom is 1.00 e. The number of carboxylic acids is 1. The zero-order valence-corrected chi connectivity index (χ0v) is 17.3. The largest absolute Gasteiger partial charge is 1.00 e. The summed E-state index contributed by atoms with van der Waals surface area (Å²) in [6.07, 6.45) is 0.182. The third kappa shape index (κ3) is 4.39. The molecule has 1 N–H and O–H groups in total. The summed E-state index contributed by atoms with van der Waals surface area (Å²) in [6, 6.07) is 15.5. The van der Waals surface area contributed by atoms with Crippen LogP contribution >= 0.6 is 0 Å². The second kappa shape index (κ2) is 9.07. The van der Waals surface area contributed by atoms with E-state index in [4.69, 9.17) is 0 Å². The Hall–Kier alpha value is -1.02. The fourth-order valence-electron chi connectivity index (χ4n) is 3.17. The minimum atomic E-state index is -1.34. The number of para-hydroxylation sites is 1. The van der Waals surface area contributed by atoms with Gasteiger partial charge < -0.3 is 19.9 Å². The molecule has 2 aromatic carbocycles. The fourth-order valence-corrected chi connectivity index (χ4v) is 3.17. The van der Waals surface area contributed by atoms with Gasteiger partial charge in [0.05, 0.1) is 18.2 Å². The number of hydrogen-bond donors (Lipinski definition) is 1. The molecule has 6 heteroatoms. The molecule has 1 amide bonds. The minimum Gasteiger partial charge on any atom is -0.550 e. The van der Waals surface area contributed by atoms with Gasteiger partial charge in [-0.25, -0.2) is 0 Å². The van der Waals surface area contributed by atoms with Crippen molar-refractivity contribution in [2.75, 3.05) is 18.1 Å². The summed E-state index contributed by atoms with van der Waals surface area (Å²) in [7, 11) is 0. The minimum absolute atomic E-state index is 0. The summed E-state index contributed by atoms with van der Waals surface area (Å²) >= 11 is 0. The molecule has 25 heavy (non-hydrogen) atoms. The Morgan fingerprint density at radius 1 is 1.08 bits per heavy atom. The number of carboxylic acid groups (broad SMARTS) is 1. The van der Waals surface area contributed by atoms with Crippen molar-refractivity contribution in [1.29, 1.82) is 0 Å². The molecule has 0 fully saturated rings. The number of carbonyl (C=O) groups excluding carboxylic acids is 2. The first-order chi connectivity index (χ1) is 11.6. The van der Waals surface area contributed by atoms with E-state index in [2.05, 4.69) is 0 Å². The Morgan fingerprint density at radius 2 is 1.72 bits per heavy atom. The molecule has 0 saturated heterocycles. The quantitative estimate of drug-likeness (QED) is 0.637. The summed E-state index contributed by atoms with van der Waals surface area (Å²) in [5.41, 5.74) is 3.89. The van der Waals surface area contributed by atoms with Crippen molar-refractivity contribution < 1.29 is 71.2 Å². The molecule has 1 atom stereocenters. The number of anilines is 1. The molecule has 124 valence electrons. The molecular formula is C19H18KNO4. The maximum atomic E-state index is 12.8. The van der Waals surface area contributed by atoms with Gasteiger partial charge in [-0.15, -0.1) is 0 Å². The van der Waals surface area contributed by atoms with E-state index >= 15 is 0 Å². The average Bonchev–Trinajstić information content (AvgIpc) is 2.76. The van der Waals surface area contributed by atoms with Gasteiger partial charge >= 0.3 is 51.4 Å². The smallest absolute Gasteiger partial charge is 0.550 e. The van der Waals surface area contributed by atoms with Crippen LogP contribution in [0.4, 0.5) is 5.69 Å². The number of benzene rings is 2. The van der Waals surface area contributed by atoms with Crippen molar-refractivity contribution in [2.45, 2.75) is 12.8 Å². The molecule has 0 spiro atoms. The first kappa shape index (κ1) is 20.3. The Bertz CT molecular complexity index is 778. The van der Waals surface area contributed by atoms with E-state index in [1.54, 1.807) is 4.90 Å². The zero-order valence-electron chi connectivity index (χ0n) is 14.1. The van der Waals surface area contributed by atoms with Gasteiger partial charge in [0.2, 0.25) is 5.91 Å². The van der Waals surface area contributed by atoms with Crippen molar-refractivity contribution in [3.05, 3.63) is 54.1 Å². The van der Waals surface area contributed by atoms with Gasteiger partial charge in [-0.05, 0) is 23.6 Å². The normalized spacial score (nSPS) is 13.7. The predicted octanol–water partition coefficient (Wildman–Crippen LogP) is -2.00. The van der Waals surface area contributed by atoms with Crippen LogP contribution in [0.2, 0.25) is 0 Å².